The van der Waals surface area contributed by atoms with Gasteiger partial charge < -0.3 is 9.47 Å². The highest BCUT2D eigenvalue weighted by molar-refractivity contribution is 7.89. The van der Waals surface area contributed by atoms with Crippen LogP contribution in [0.3, 0.4) is 0 Å². The molecule has 2 rings (SSSR count). The van der Waals surface area contributed by atoms with Gasteiger partial charge in [0.05, 0.1) is 18.0 Å². The van der Waals surface area contributed by atoms with Crippen molar-refractivity contribution >= 4 is 16.0 Å². The van der Waals surface area contributed by atoms with Crippen LogP contribution >= 0.6 is 0 Å². The Labute approximate surface area is 181 Å². The van der Waals surface area contributed by atoms with Crippen molar-refractivity contribution in [2.75, 3.05) is 7.11 Å². The monoisotopic (exact) mass is 437 g/mol. The van der Waals surface area contributed by atoms with Crippen LogP contribution in [0.4, 0.5) is 0 Å². The second-order valence-corrected chi connectivity index (χ2v) is 10.8. The first-order chi connectivity index (χ1) is 13.8. The number of aryl methyl sites for hydroxylation is 1. The first kappa shape index (κ1) is 24.4. The average molecular weight is 438 g/mol. The molecule has 1 fully saturated rings. The normalized spacial score (nSPS) is 22.8. The molecule has 4 atom stereocenters. The molecule has 0 N–H and O–H groups in total. The molecule has 30 heavy (non-hydrogen) atoms. The molecule has 1 aromatic carbocycles. The van der Waals surface area contributed by atoms with E-state index in [-0.39, 0.29) is 18.0 Å². The standard InChI is InChI=1S/C23H35NO5S/c1-10-14(2)21-18(11-12-20(25)29-23(6,7)8)24(21)30(26,27)22-15(3)13-19(28-9)16(4)17(22)5/h11-14,18,21H,10H2,1-9H3/b12-11+/t14-,18+,21-,24?/m0/s1. The third-order valence-corrected chi connectivity index (χ3v) is 7.83. The number of sulfonamides is 1. The van der Waals surface area contributed by atoms with Crippen LogP contribution in [0.2, 0.25) is 0 Å². The first-order valence-corrected chi connectivity index (χ1v) is 11.8. The summed E-state index contributed by atoms with van der Waals surface area (Å²) in [4.78, 5) is 12.4. The molecule has 0 aromatic heterocycles. The van der Waals surface area contributed by atoms with Gasteiger partial charge in [0.2, 0.25) is 10.0 Å². The van der Waals surface area contributed by atoms with Crippen LogP contribution in [0, 0.1) is 26.7 Å². The minimum absolute atomic E-state index is 0.160. The Morgan fingerprint density at radius 1 is 1.23 bits per heavy atom. The lowest BCUT2D eigenvalue weighted by Gasteiger charge is -2.18. The van der Waals surface area contributed by atoms with Gasteiger partial charge in [-0.2, -0.15) is 4.31 Å². The van der Waals surface area contributed by atoms with Gasteiger partial charge in [-0.05, 0) is 70.2 Å². The average Bonchev–Trinajstić information content (AvgIpc) is 3.36. The minimum Gasteiger partial charge on any atom is -0.496 e. The van der Waals surface area contributed by atoms with Crippen molar-refractivity contribution in [2.24, 2.45) is 5.92 Å². The molecule has 0 amide bonds. The van der Waals surface area contributed by atoms with Gasteiger partial charge in [-0.15, -0.1) is 0 Å². The number of methoxy groups -OCH3 is 1. The van der Waals surface area contributed by atoms with Crippen molar-refractivity contribution in [1.82, 2.24) is 4.31 Å². The van der Waals surface area contributed by atoms with E-state index in [0.717, 1.165) is 12.0 Å². The molecule has 0 radical (unpaired) electrons. The molecule has 1 aliphatic rings. The predicted molar refractivity (Wildman–Crippen MR) is 118 cm³/mol. The van der Waals surface area contributed by atoms with Crippen molar-refractivity contribution < 1.29 is 22.7 Å². The summed E-state index contributed by atoms with van der Waals surface area (Å²) in [5, 5.41) is 0. The highest BCUT2D eigenvalue weighted by Crippen LogP contribution is 2.44. The molecular weight excluding hydrogens is 402 g/mol. The number of ether oxygens (including phenoxy) is 2. The van der Waals surface area contributed by atoms with E-state index >= 15 is 0 Å². The molecule has 1 aromatic rings. The van der Waals surface area contributed by atoms with Gasteiger partial charge in [0.15, 0.2) is 0 Å². The number of rotatable bonds is 7. The first-order valence-electron chi connectivity index (χ1n) is 10.4. The molecule has 1 saturated heterocycles. The summed E-state index contributed by atoms with van der Waals surface area (Å²) < 4.78 is 39.5. The largest absolute Gasteiger partial charge is 0.496 e. The maximum Gasteiger partial charge on any atom is 0.331 e. The van der Waals surface area contributed by atoms with Gasteiger partial charge in [0.25, 0.3) is 0 Å². The second kappa shape index (κ2) is 8.71. The Morgan fingerprint density at radius 2 is 1.83 bits per heavy atom. The Balaban J connectivity index is 2.42. The van der Waals surface area contributed by atoms with Gasteiger partial charge in [-0.25, -0.2) is 13.2 Å². The second-order valence-electron chi connectivity index (χ2n) is 9.07. The highest BCUT2D eigenvalue weighted by Gasteiger charge is 2.56. The molecule has 1 unspecified atom stereocenters. The van der Waals surface area contributed by atoms with Crippen LogP contribution in [0.5, 0.6) is 5.75 Å². The Hall–Kier alpha value is -1.86. The molecule has 1 aliphatic heterocycles. The van der Waals surface area contributed by atoms with Crippen LogP contribution in [0.1, 0.15) is 57.7 Å². The van der Waals surface area contributed by atoms with Crippen LogP contribution in [0.25, 0.3) is 0 Å². The lowest BCUT2D eigenvalue weighted by molar-refractivity contribution is -0.148. The number of benzene rings is 1. The molecule has 7 heteroatoms. The van der Waals surface area contributed by atoms with E-state index in [9.17, 15) is 13.2 Å². The number of carbonyl (C=O) groups is 1. The van der Waals surface area contributed by atoms with Gasteiger partial charge >= 0.3 is 5.97 Å². The Bertz CT molecular complexity index is 943. The fourth-order valence-electron chi connectivity index (χ4n) is 3.84. The molecule has 1 heterocycles. The molecule has 0 aliphatic carbocycles. The number of nitrogens with zero attached hydrogens (tertiary/aromatic N) is 1. The van der Waals surface area contributed by atoms with Crippen molar-refractivity contribution in [3.8, 4) is 5.75 Å². The van der Waals surface area contributed by atoms with E-state index in [0.29, 0.717) is 21.8 Å². The zero-order valence-electron chi connectivity index (χ0n) is 19.6. The Kier molecular flexibility index (Phi) is 7.09. The lowest BCUT2D eigenvalue weighted by Crippen LogP contribution is -2.22. The summed E-state index contributed by atoms with van der Waals surface area (Å²) in [7, 11) is -2.16. The van der Waals surface area contributed by atoms with Crippen molar-refractivity contribution in [2.45, 2.75) is 84.4 Å². The zero-order valence-corrected chi connectivity index (χ0v) is 20.4. The van der Waals surface area contributed by atoms with Crippen molar-refractivity contribution in [3.63, 3.8) is 0 Å². The summed E-state index contributed by atoms with van der Waals surface area (Å²) in [5.74, 6) is 0.366. The molecule has 168 valence electrons. The summed E-state index contributed by atoms with van der Waals surface area (Å²) in [6, 6.07) is 1.22. The van der Waals surface area contributed by atoms with Gasteiger partial charge in [-0.3, -0.25) is 0 Å². The van der Waals surface area contributed by atoms with E-state index in [4.69, 9.17) is 9.47 Å². The van der Waals surface area contributed by atoms with Crippen LogP contribution in [-0.2, 0) is 19.6 Å². The van der Waals surface area contributed by atoms with Gasteiger partial charge in [0.1, 0.15) is 11.4 Å². The summed E-state index contributed by atoms with van der Waals surface area (Å²) >= 11 is 0. The summed E-state index contributed by atoms with van der Waals surface area (Å²) in [5.41, 5.74) is 1.56. The van der Waals surface area contributed by atoms with Crippen molar-refractivity contribution in [3.05, 3.63) is 34.9 Å². The van der Waals surface area contributed by atoms with Crippen LogP contribution < -0.4 is 4.74 Å². The summed E-state index contributed by atoms with van der Waals surface area (Å²) in [6.45, 7) is 14.9. The van der Waals surface area contributed by atoms with Crippen LogP contribution in [0.15, 0.2) is 23.1 Å². The maximum atomic E-state index is 13.6. The van der Waals surface area contributed by atoms with Crippen molar-refractivity contribution in [1.29, 1.82) is 0 Å². The van der Waals surface area contributed by atoms with E-state index < -0.39 is 21.6 Å². The van der Waals surface area contributed by atoms with E-state index in [1.54, 1.807) is 46.9 Å². The zero-order chi connectivity index (χ0) is 23.0. The summed E-state index contributed by atoms with van der Waals surface area (Å²) in [6.07, 6.45) is 3.84. The molecule has 0 spiro atoms. The van der Waals surface area contributed by atoms with E-state index in [2.05, 4.69) is 0 Å². The number of hydrogen-bond donors (Lipinski definition) is 0. The van der Waals surface area contributed by atoms with Gasteiger partial charge in [-0.1, -0.05) is 26.3 Å². The lowest BCUT2D eigenvalue weighted by atomic mass is 10.0. The number of esters is 1. The van der Waals surface area contributed by atoms with E-state index in [1.165, 1.54) is 10.4 Å². The third kappa shape index (κ3) is 4.89. The van der Waals surface area contributed by atoms with Crippen LogP contribution in [-0.4, -0.2) is 43.5 Å². The fourth-order valence-corrected chi connectivity index (χ4v) is 6.17. The number of carbonyl (C=O) groups excluding carboxylic acids is 1. The molecular formula is C23H35NO5S. The molecule has 0 saturated carbocycles. The topological polar surface area (TPSA) is 72.7 Å². The Morgan fingerprint density at radius 3 is 2.33 bits per heavy atom. The molecule has 6 nitrogen and oxygen atoms in total. The highest BCUT2D eigenvalue weighted by atomic mass is 32.2. The predicted octanol–water partition coefficient (Wildman–Crippen LogP) is 4.31. The smallest absolute Gasteiger partial charge is 0.331 e. The third-order valence-electron chi connectivity index (χ3n) is 5.64. The molecule has 0 bridgehead atoms. The van der Waals surface area contributed by atoms with E-state index in [1.807, 2.05) is 27.7 Å². The maximum absolute atomic E-state index is 13.6. The number of hydrogen-bond acceptors (Lipinski definition) is 5. The SMILES string of the molecule is CC[C@H](C)[C@H]1[C@@H](/C=C/C(=O)OC(C)(C)C)N1S(=O)(=O)c1c(C)cc(OC)c(C)c1C. The fraction of sp³-hybridized carbons (Fsp3) is 0.609. The quantitative estimate of drug-likeness (QED) is 0.361. The minimum atomic E-state index is -3.74. The van der Waals surface area contributed by atoms with Gasteiger partial charge in [0, 0.05) is 12.1 Å².